The largest absolute Gasteiger partial charge is 0.402 e. The number of nitrogens with one attached hydrogen (secondary N) is 1. The second-order valence-corrected chi connectivity index (χ2v) is 5.64. The standard InChI is InChI=1S/C13H12Cl2F3NO2/c1-12(2,13(16,17)18)11(21)19-6-7-3-4-9(14)8(5-7)10(15)20/h3-5H,6H2,1-2H3,(H,19,21). The molecule has 21 heavy (non-hydrogen) atoms. The third-order valence-corrected chi connectivity index (χ3v) is 3.51. The van der Waals surface area contributed by atoms with E-state index < -0.39 is 22.7 Å². The van der Waals surface area contributed by atoms with Crippen LogP contribution in [0, 0.1) is 5.41 Å². The van der Waals surface area contributed by atoms with E-state index in [2.05, 4.69) is 5.32 Å². The third kappa shape index (κ3) is 4.11. The molecule has 0 spiro atoms. The van der Waals surface area contributed by atoms with Gasteiger partial charge in [0.2, 0.25) is 5.91 Å². The van der Waals surface area contributed by atoms with Crippen molar-refractivity contribution in [3.8, 4) is 0 Å². The minimum atomic E-state index is -4.66. The first-order chi connectivity index (χ1) is 9.46. The Labute approximate surface area is 129 Å². The van der Waals surface area contributed by atoms with E-state index in [-0.39, 0.29) is 17.1 Å². The number of rotatable bonds is 4. The Morgan fingerprint density at radius 2 is 1.81 bits per heavy atom. The molecule has 0 unspecified atom stereocenters. The average molecular weight is 342 g/mol. The van der Waals surface area contributed by atoms with Crippen LogP contribution in [-0.4, -0.2) is 17.3 Å². The smallest absolute Gasteiger partial charge is 0.351 e. The van der Waals surface area contributed by atoms with Gasteiger partial charge in [-0.05, 0) is 43.1 Å². The summed E-state index contributed by atoms with van der Waals surface area (Å²) < 4.78 is 38.1. The number of hydrogen-bond acceptors (Lipinski definition) is 2. The third-order valence-electron chi connectivity index (χ3n) is 2.97. The molecule has 1 rings (SSSR count). The van der Waals surface area contributed by atoms with Gasteiger partial charge < -0.3 is 5.32 Å². The highest BCUT2D eigenvalue weighted by atomic mass is 35.5. The maximum absolute atomic E-state index is 12.7. The van der Waals surface area contributed by atoms with Gasteiger partial charge in [-0.15, -0.1) is 0 Å². The van der Waals surface area contributed by atoms with E-state index in [1.807, 2.05) is 0 Å². The lowest BCUT2D eigenvalue weighted by Gasteiger charge is -2.26. The molecule has 8 heteroatoms. The van der Waals surface area contributed by atoms with Crippen molar-refractivity contribution < 1.29 is 22.8 Å². The van der Waals surface area contributed by atoms with Crippen LogP contribution in [-0.2, 0) is 11.3 Å². The van der Waals surface area contributed by atoms with Crippen LogP contribution in [0.1, 0.15) is 29.8 Å². The number of carbonyl (C=O) groups is 2. The average Bonchev–Trinajstić information content (AvgIpc) is 2.35. The lowest BCUT2D eigenvalue weighted by atomic mass is 9.91. The van der Waals surface area contributed by atoms with Crippen molar-refractivity contribution in [1.29, 1.82) is 0 Å². The van der Waals surface area contributed by atoms with Crippen LogP contribution in [0.5, 0.6) is 0 Å². The molecule has 0 saturated carbocycles. The second kappa shape index (κ2) is 6.23. The van der Waals surface area contributed by atoms with Gasteiger partial charge in [-0.3, -0.25) is 9.59 Å². The SMILES string of the molecule is CC(C)(C(=O)NCc1ccc(Cl)c(C(=O)Cl)c1)C(F)(F)F. The van der Waals surface area contributed by atoms with Gasteiger partial charge in [-0.2, -0.15) is 13.2 Å². The lowest BCUT2D eigenvalue weighted by molar-refractivity contribution is -0.211. The zero-order valence-electron chi connectivity index (χ0n) is 11.1. The Kier molecular flexibility index (Phi) is 5.28. The summed E-state index contributed by atoms with van der Waals surface area (Å²) in [6, 6.07) is 4.18. The van der Waals surface area contributed by atoms with Gasteiger partial charge in [-0.25, -0.2) is 0 Å². The molecule has 1 aromatic rings. The first-order valence-corrected chi connectivity index (χ1v) is 6.55. The van der Waals surface area contributed by atoms with Crippen LogP contribution in [0.2, 0.25) is 5.02 Å². The van der Waals surface area contributed by atoms with Gasteiger partial charge in [0.05, 0.1) is 10.6 Å². The molecule has 0 aliphatic rings. The summed E-state index contributed by atoms with van der Waals surface area (Å²) in [4.78, 5) is 22.7. The van der Waals surface area contributed by atoms with Crippen molar-refractivity contribution in [2.45, 2.75) is 26.6 Å². The molecule has 0 aliphatic carbocycles. The van der Waals surface area contributed by atoms with Gasteiger partial charge >= 0.3 is 6.18 Å². The van der Waals surface area contributed by atoms with Crippen molar-refractivity contribution in [1.82, 2.24) is 5.32 Å². The fourth-order valence-corrected chi connectivity index (χ4v) is 1.77. The Morgan fingerprint density at radius 1 is 1.24 bits per heavy atom. The number of benzene rings is 1. The Bertz CT molecular complexity index is 571. The van der Waals surface area contributed by atoms with Gasteiger partial charge in [0.25, 0.3) is 5.24 Å². The molecule has 0 heterocycles. The van der Waals surface area contributed by atoms with Crippen LogP contribution in [0.25, 0.3) is 0 Å². The van der Waals surface area contributed by atoms with E-state index in [0.717, 1.165) is 13.8 Å². The quantitative estimate of drug-likeness (QED) is 0.843. The number of halogens is 5. The molecule has 0 fully saturated rings. The zero-order chi connectivity index (χ0) is 16.4. The summed E-state index contributed by atoms with van der Waals surface area (Å²) in [6.07, 6.45) is -4.66. The summed E-state index contributed by atoms with van der Waals surface area (Å²) >= 11 is 11.1. The topological polar surface area (TPSA) is 46.2 Å². The Morgan fingerprint density at radius 3 is 2.29 bits per heavy atom. The van der Waals surface area contributed by atoms with Gasteiger partial charge in [-0.1, -0.05) is 17.7 Å². The lowest BCUT2D eigenvalue weighted by Crippen LogP contribution is -2.46. The first kappa shape index (κ1) is 17.8. The van der Waals surface area contributed by atoms with E-state index >= 15 is 0 Å². The van der Waals surface area contributed by atoms with E-state index in [1.54, 1.807) is 0 Å². The maximum Gasteiger partial charge on any atom is 0.402 e. The van der Waals surface area contributed by atoms with Gasteiger partial charge in [0.1, 0.15) is 5.41 Å². The summed E-state index contributed by atoms with van der Waals surface area (Å²) in [5.41, 5.74) is -2.07. The van der Waals surface area contributed by atoms with E-state index in [9.17, 15) is 22.8 Å². The highest BCUT2D eigenvalue weighted by molar-refractivity contribution is 6.68. The summed E-state index contributed by atoms with van der Waals surface area (Å²) in [6.45, 7) is 1.41. The van der Waals surface area contributed by atoms with Crippen molar-refractivity contribution in [3.05, 3.63) is 34.3 Å². The van der Waals surface area contributed by atoms with Crippen molar-refractivity contribution in [2.24, 2.45) is 5.41 Å². The van der Waals surface area contributed by atoms with E-state index in [1.165, 1.54) is 18.2 Å². The van der Waals surface area contributed by atoms with E-state index in [4.69, 9.17) is 23.2 Å². The molecule has 1 N–H and O–H groups in total. The fraction of sp³-hybridized carbons (Fsp3) is 0.385. The van der Waals surface area contributed by atoms with Crippen molar-refractivity contribution in [3.63, 3.8) is 0 Å². The van der Waals surface area contributed by atoms with Crippen LogP contribution >= 0.6 is 23.2 Å². The normalized spacial score (nSPS) is 12.1. The highest BCUT2D eigenvalue weighted by Gasteiger charge is 2.52. The summed E-state index contributed by atoms with van der Waals surface area (Å²) in [7, 11) is 0. The molecule has 1 amide bonds. The summed E-state index contributed by atoms with van der Waals surface area (Å²) in [5.74, 6) is -1.16. The molecule has 3 nitrogen and oxygen atoms in total. The predicted molar refractivity (Wildman–Crippen MR) is 73.3 cm³/mol. The first-order valence-electron chi connectivity index (χ1n) is 5.80. The van der Waals surface area contributed by atoms with Crippen molar-refractivity contribution >= 4 is 34.4 Å². The number of amides is 1. The monoisotopic (exact) mass is 341 g/mol. The molecule has 0 bridgehead atoms. The van der Waals surface area contributed by atoms with Crippen LogP contribution in [0.3, 0.4) is 0 Å². The van der Waals surface area contributed by atoms with Crippen LogP contribution in [0.15, 0.2) is 18.2 Å². The van der Waals surface area contributed by atoms with Crippen molar-refractivity contribution in [2.75, 3.05) is 0 Å². The van der Waals surface area contributed by atoms with Gasteiger partial charge in [0.15, 0.2) is 0 Å². The predicted octanol–water partition coefficient (Wildman–Crippen LogP) is 3.92. The Hall–Kier alpha value is -1.27. The van der Waals surface area contributed by atoms with Crippen LogP contribution < -0.4 is 5.32 Å². The second-order valence-electron chi connectivity index (χ2n) is 4.89. The minimum absolute atomic E-state index is 0.0279. The molecular weight excluding hydrogens is 330 g/mol. The van der Waals surface area contributed by atoms with E-state index in [0.29, 0.717) is 5.56 Å². The molecule has 1 aromatic carbocycles. The molecule has 0 radical (unpaired) electrons. The summed E-state index contributed by atoms with van der Waals surface area (Å²) in [5, 5.41) is 1.51. The molecule has 0 atom stereocenters. The molecular formula is C13H12Cl2F3NO2. The number of hydrogen-bond donors (Lipinski definition) is 1. The minimum Gasteiger partial charge on any atom is -0.351 e. The molecule has 0 saturated heterocycles. The fourth-order valence-electron chi connectivity index (χ4n) is 1.37. The molecule has 0 aliphatic heterocycles. The zero-order valence-corrected chi connectivity index (χ0v) is 12.7. The van der Waals surface area contributed by atoms with Gasteiger partial charge in [0, 0.05) is 6.54 Å². The van der Waals surface area contributed by atoms with Crippen LogP contribution in [0.4, 0.5) is 13.2 Å². The number of alkyl halides is 3. The maximum atomic E-state index is 12.7. The Balaban J connectivity index is 2.83. The molecule has 0 aromatic heterocycles. The number of carbonyl (C=O) groups excluding carboxylic acids is 2. The molecule has 116 valence electrons. The highest BCUT2D eigenvalue weighted by Crippen LogP contribution is 2.37.